The molecule has 4 heteroatoms. The second-order valence-corrected chi connectivity index (χ2v) is 8.93. The summed E-state index contributed by atoms with van der Waals surface area (Å²) in [6.45, 7) is 6.77. The molecule has 0 radical (unpaired) electrons. The number of aromatic nitrogens is 3. The summed E-state index contributed by atoms with van der Waals surface area (Å²) in [6, 6.07) is 8.10. The Bertz CT molecular complexity index is 428. The van der Waals surface area contributed by atoms with Crippen LogP contribution in [0, 0.1) is 0 Å². The van der Waals surface area contributed by atoms with E-state index >= 15 is 0 Å². The van der Waals surface area contributed by atoms with Crippen LogP contribution in [0.15, 0.2) is 24.3 Å². The Kier molecular flexibility index (Phi) is 1.73. The van der Waals surface area contributed by atoms with Crippen LogP contribution >= 0.6 is 0 Å². The lowest BCUT2D eigenvalue weighted by atomic mass is 10.3. The Morgan fingerprint density at radius 2 is 1.85 bits per heavy atom. The smallest absolute Gasteiger partial charge is 0.179 e. The van der Waals surface area contributed by atoms with Gasteiger partial charge in [0.2, 0.25) is 0 Å². The highest BCUT2D eigenvalue weighted by Gasteiger charge is 2.20. The lowest BCUT2D eigenvalue weighted by molar-refractivity contribution is 0.862. The molecular weight excluding hydrogens is 178 g/mol. The maximum Gasteiger partial charge on any atom is 0.179 e. The lowest BCUT2D eigenvalue weighted by Crippen LogP contribution is -2.33. The minimum absolute atomic E-state index is 0.991. The molecule has 0 bridgehead atoms. The van der Waals surface area contributed by atoms with E-state index in [-0.39, 0.29) is 0 Å². The summed E-state index contributed by atoms with van der Waals surface area (Å²) in [4.78, 5) is 0. The van der Waals surface area contributed by atoms with Crippen LogP contribution in [0.3, 0.4) is 0 Å². The van der Waals surface area contributed by atoms with Crippen molar-refractivity contribution in [3.05, 3.63) is 24.3 Å². The average molecular weight is 191 g/mol. The van der Waals surface area contributed by atoms with E-state index in [2.05, 4.69) is 40.4 Å². The van der Waals surface area contributed by atoms with Gasteiger partial charge in [-0.3, -0.25) is 4.35 Å². The van der Waals surface area contributed by atoms with Crippen molar-refractivity contribution in [2.45, 2.75) is 19.6 Å². The topological polar surface area (TPSA) is 30.7 Å². The molecule has 1 aromatic heterocycles. The molecule has 2 aromatic rings. The van der Waals surface area contributed by atoms with Gasteiger partial charge in [-0.1, -0.05) is 17.3 Å². The normalized spacial score (nSPS) is 12.2. The van der Waals surface area contributed by atoms with Crippen LogP contribution in [-0.4, -0.2) is 22.9 Å². The Labute approximate surface area is 78.5 Å². The highest BCUT2D eigenvalue weighted by atomic mass is 28.3. The summed E-state index contributed by atoms with van der Waals surface area (Å²) in [6.07, 6.45) is 0. The molecule has 0 amide bonds. The Morgan fingerprint density at radius 1 is 1.15 bits per heavy atom. The fourth-order valence-corrected chi connectivity index (χ4v) is 2.59. The Morgan fingerprint density at radius 3 is 2.54 bits per heavy atom. The quantitative estimate of drug-likeness (QED) is 0.646. The number of hydrogen-bond acceptors (Lipinski definition) is 2. The molecule has 0 atom stereocenters. The van der Waals surface area contributed by atoms with Crippen LogP contribution < -0.4 is 0 Å². The first-order valence-electron chi connectivity index (χ1n) is 4.40. The molecule has 0 saturated heterocycles. The Balaban J connectivity index is 2.72. The molecule has 0 spiro atoms. The molecule has 1 aromatic carbocycles. The third-order valence-electron chi connectivity index (χ3n) is 1.99. The van der Waals surface area contributed by atoms with Gasteiger partial charge in [-0.05, 0) is 31.8 Å². The predicted octanol–water partition coefficient (Wildman–Crippen LogP) is 2.11. The molecule has 2 rings (SSSR count). The summed E-state index contributed by atoms with van der Waals surface area (Å²) in [5.41, 5.74) is 2.14. The third kappa shape index (κ3) is 1.37. The average Bonchev–Trinajstić information content (AvgIpc) is 2.45. The minimum Gasteiger partial charge on any atom is -0.275 e. The van der Waals surface area contributed by atoms with Crippen molar-refractivity contribution in [1.29, 1.82) is 0 Å². The fourth-order valence-electron chi connectivity index (χ4n) is 1.36. The van der Waals surface area contributed by atoms with E-state index in [9.17, 15) is 0 Å². The van der Waals surface area contributed by atoms with Crippen LogP contribution in [0.1, 0.15) is 0 Å². The molecule has 0 fully saturated rings. The van der Waals surface area contributed by atoms with Gasteiger partial charge in [0.05, 0.1) is 5.52 Å². The molecule has 1 heterocycles. The molecule has 0 aliphatic rings. The van der Waals surface area contributed by atoms with Gasteiger partial charge in [0.1, 0.15) is 5.52 Å². The summed E-state index contributed by atoms with van der Waals surface area (Å²) in [5.74, 6) is 0. The maximum absolute atomic E-state index is 4.19. The van der Waals surface area contributed by atoms with E-state index in [1.807, 2.05) is 18.2 Å². The number of para-hydroxylation sites is 1. The molecule has 68 valence electrons. The zero-order valence-electron chi connectivity index (χ0n) is 8.15. The number of nitrogens with zero attached hydrogens (tertiary/aromatic N) is 3. The van der Waals surface area contributed by atoms with Crippen LogP contribution in [-0.2, 0) is 0 Å². The molecular formula is C9H13N3Si. The van der Waals surface area contributed by atoms with Crippen molar-refractivity contribution in [1.82, 2.24) is 14.7 Å². The number of benzene rings is 1. The van der Waals surface area contributed by atoms with Crippen molar-refractivity contribution in [3.8, 4) is 0 Å². The third-order valence-corrected chi connectivity index (χ3v) is 3.59. The number of rotatable bonds is 1. The van der Waals surface area contributed by atoms with Crippen LogP contribution in [0.4, 0.5) is 0 Å². The van der Waals surface area contributed by atoms with Gasteiger partial charge in [-0.25, -0.2) is 0 Å². The van der Waals surface area contributed by atoms with Crippen molar-refractivity contribution >= 4 is 19.3 Å². The van der Waals surface area contributed by atoms with Crippen LogP contribution in [0.5, 0.6) is 0 Å². The molecule has 0 saturated carbocycles. The van der Waals surface area contributed by atoms with E-state index in [0.29, 0.717) is 0 Å². The molecule has 3 nitrogen and oxygen atoms in total. The van der Waals surface area contributed by atoms with Gasteiger partial charge in [0.25, 0.3) is 0 Å². The molecule has 0 aliphatic heterocycles. The van der Waals surface area contributed by atoms with Gasteiger partial charge >= 0.3 is 0 Å². The van der Waals surface area contributed by atoms with Gasteiger partial charge in [-0.15, -0.1) is 5.10 Å². The second-order valence-electron chi connectivity index (χ2n) is 4.16. The fraction of sp³-hybridized carbons (Fsp3) is 0.333. The van der Waals surface area contributed by atoms with Gasteiger partial charge in [0, 0.05) is 0 Å². The SMILES string of the molecule is C[Si](C)(C)n1nnc2ccccc21. The molecule has 0 unspecified atom stereocenters. The largest absolute Gasteiger partial charge is 0.275 e. The number of fused-ring (bicyclic) bond motifs is 1. The van der Waals surface area contributed by atoms with E-state index < -0.39 is 8.24 Å². The van der Waals surface area contributed by atoms with E-state index in [1.54, 1.807) is 0 Å². The summed E-state index contributed by atoms with van der Waals surface area (Å²) in [5, 5.41) is 8.33. The van der Waals surface area contributed by atoms with Gasteiger partial charge in [-0.2, -0.15) is 0 Å². The minimum atomic E-state index is -1.40. The van der Waals surface area contributed by atoms with Crippen LogP contribution in [0.25, 0.3) is 11.0 Å². The number of hydrogen-bond donors (Lipinski definition) is 0. The Hall–Kier alpha value is -1.16. The van der Waals surface area contributed by atoms with Crippen molar-refractivity contribution in [2.75, 3.05) is 0 Å². The molecule has 0 aliphatic carbocycles. The summed E-state index contributed by atoms with van der Waals surface area (Å²) >= 11 is 0. The highest BCUT2D eigenvalue weighted by molar-refractivity contribution is 6.74. The first-order chi connectivity index (χ1) is 6.09. The zero-order valence-corrected chi connectivity index (χ0v) is 9.15. The highest BCUT2D eigenvalue weighted by Crippen LogP contribution is 2.14. The predicted molar refractivity (Wildman–Crippen MR) is 56.3 cm³/mol. The maximum atomic E-state index is 4.19. The molecule has 13 heavy (non-hydrogen) atoms. The zero-order chi connectivity index (χ0) is 9.47. The van der Waals surface area contributed by atoms with Crippen molar-refractivity contribution < 1.29 is 0 Å². The van der Waals surface area contributed by atoms with E-state index in [4.69, 9.17) is 0 Å². The first kappa shape index (κ1) is 8.44. The van der Waals surface area contributed by atoms with Gasteiger partial charge in [0.15, 0.2) is 8.24 Å². The first-order valence-corrected chi connectivity index (χ1v) is 7.85. The van der Waals surface area contributed by atoms with Crippen molar-refractivity contribution in [3.63, 3.8) is 0 Å². The standard InChI is InChI=1S/C9H13N3Si/c1-13(2,3)12-9-7-5-4-6-8(9)10-11-12/h4-7H,1-3H3. The summed E-state index contributed by atoms with van der Waals surface area (Å²) in [7, 11) is -1.40. The van der Waals surface area contributed by atoms with Crippen LogP contribution in [0.2, 0.25) is 19.6 Å². The van der Waals surface area contributed by atoms with E-state index in [1.165, 1.54) is 0 Å². The summed E-state index contributed by atoms with van der Waals surface area (Å²) < 4.78 is 2.09. The monoisotopic (exact) mass is 191 g/mol. The van der Waals surface area contributed by atoms with Gasteiger partial charge < -0.3 is 0 Å². The second kappa shape index (κ2) is 2.66. The molecule has 0 N–H and O–H groups in total. The van der Waals surface area contributed by atoms with E-state index in [0.717, 1.165) is 11.0 Å². The lowest BCUT2D eigenvalue weighted by Gasteiger charge is -2.16. The van der Waals surface area contributed by atoms with Crippen molar-refractivity contribution in [2.24, 2.45) is 0 Å².